The quantitative estimate of drug-likeness (QED) is 0.481. The van der Waals surface area contributed by atoms with E-state index in [0.717, 1.165) is 37.4 Å². The lowest BCUT2D eigenvalue weighted by molar-refractivity contribution is -0.129. The lowest BCUT2D eigenvalue weighted by atomic mass is 10.2. The highest BCUT2D eigenvalue weighted by Crippen LogP contribution is 2.29. The van der Waals surface area contributed by atoms with Gasteiger partial charge in [0.2, 0.25) is 11.8 Å². The van der Waals surface area contributed by atoms with Crippen molar-refractivity contribution < 1.29 is 14.0 Å². The Morgan fingerprint density at radius 3 is 2.24 bits per heavy atom. The summed E-state index contributed by atoms with van der Waals surface area (Å²) in [6.07, 6.45) is 3.02. The fraction of sp³-hybridized carbons (Fsp3) is 0.200. The van der Waals surface area contributed by atoms with Crippen LogP contribution in [0, 0.1) is 0 Å². The number of carbonyl (C=O) groups excluding carboxylic acids is 2. The van der Waals surface area contributed by atoms with Gasteiger partial charge >= 0.3 is 0 Å². The first-order valence-electron chi connectivity index (χ1n) is 10.5. The summed E-state index contributed by atoms with van der Waals surface area (Å²) in [7, 11) is 0. The van der Waals surface area contributed by atoms with Crippen LogP contribution in [-0.4, -0.2) is 42.9 Å². The van der Waals surface area contributed by atoms with E-state index in [1.807, 2.05) is 29.2 Å². The van der Waals surface area contributed by atoms with E-state index in [-0.39, 0.29) is 11.8 Å². The Kier molecular flexibility index (Phi) is 7.06. The SMILES string of the molecule is CC(=O)N1CCN(c2ccc(NC(=O)/C=C/c3ccc(-c4cc(Cl)cc(Cl)c4)o3)cc2)CC1. The molecule has 170 valence electrons. The van der Waals surface area contributed by atoms with Gasteiger partial charge in [0, 0.05) is 66.2 Å². The molecule has 2 amide bonds. The van der Waals surface area contributed by atoms with E-state index in [2.05, 4.69) is 10.2 Å². The van der Waals surface area contributed by atoms with Crippen LogP contribution < -0.4 is 10.2 Å². The molecule has 2 heterocycles. The third-order valence-corrected chi connectivity index (χ3v) is 5.83. The zero-order chi connectivity index (χ0) is 23.4. The second-order valence-corrected chi connectivity index (χ2v) is 8.60. The zero-order valence-electron chi connectivity index (χ0n) is 18.1. The highest BCUT2D eigenvalue weighted by atomic mass is 35.5. The molecule has 4 rings (SSSR count). The fourth-order valence-corrected chi connectivity index (χ4v) is 4.20. The van der Waals surface area contributed by atoms with Crippen molar-refractivity contribution >= 4 is 52.5 Å². The molecule has 0 radical (unpaired) electrons. The molecule has 3 aromatic rings. The summed E-state index contributed by atoms with van der Waals surface area (Å²) in [6.45, 7) is 4.62. The van der Waals surface area contributed by atoms with Crippen molar-refractivity contribution in [1.29, 1.82) is 0 Å². The number of benzene rings is 2. The molecule has 1 fully saturated rings. The molecule has 1 N–H and O–H groups in total. The molecule has 33 heavy (non-hydrogen) atoms. The maximum absolute atomic E-state index is 12.3. The van der Waals surface area contributed by atoms with Crippen molar-refractivity contribution in [2.24, 2.45) is 0 Å². The van der Waals surface area contributed by atoms with Crippen molar-refractivity contribution in [2.75, 3.05) is 36.4 Å². The first-order chi connectivity index (χ1) is 15.9. The predicted molar refractivity (Wildman–Crippen MR) is 133 cm³/mol. The molecule has 0 aliphatic carbocycles. The Morgan fingerprint density at radius 2 is 1.61 bits per heavy atom. The second kappa shape index (κ2) is 10.1. The van der Waals surface area contributed by atoms with Gasteiger partial charge in [0.05, 0.1) is 0 Å². The summed E-state index contributed by atoms with van der Waals surface area (Å²) >= 11 is 12.1. The highest BCUT2D eigenvalue weighted by Gasteiger charge is 2.18. The van der Waals surface area contributed by atoms with Gasteiger partial charge in [-0.25, -0.2) is 0 Å². The van der Waals surface area contributed by atoms with Crippen LogP contribution in [-0.2, 0) is 9.59 Å². The highest BCUT2D eigenvalue weighted by molar-refractivity contribution is 6.35. The van der Waals surface area contributed by atoms with Crippen LogP contribution in [0.15, 0.2) is 65.1 Å². The first-order valence-corrected chi connectivity index (χ1v) is 11.3. The van der Waals surface area contributed by atoms with Crippen LogP contribution in [0.3, 0.4) is 0 Å². The average Bonchev–Trinajstić information content (AvgIpc) is 3.27. The van der Waals surface area contributed by atoms with E-state index in [1.165, 1.54) is 6.08 Å². The van der Waals surface area contributed by atoms with Crippen LogP contribution in [0.5, 0.6) is 0 Å². The topological polar surface area (TPSA) is 65.8 Å². The lowest BCUT2D eigenvalue weighted by Crippen LogP contribution is -2.48. The minimum Gasteiger partial charge on any atom is -0.457 e. The minimum absolute atomic E-state index is 0.111. The third kappa shape index (κ3) is 5.97. The van der Waals surface area contributed by atoms with Gasteiger partial charge in [0.15, 0.2) is 0 Å². The van der Waals surface area contributed by atoms with E-state index in [0.29, 0.717) is 27.3 Å². The van der Waals surface area contributed by atoms with Crippen molar-refractivity contribution in [2.45, 2.75) is 6.92 Å². The summed E-state index contributed by atoms with van der Waals surface area (Å²) in [5.41, 5.74) is 2.53. The molecule has 6 nitrogen and oxygen atoms in total. The summed E-state index contributed by atoms with van der Waals surface area (Å²) in [6, 6.07) is 16.4. The molecular formula is C25H23Cl2N3O3. The number of halogens is 2. The lowest BCUT2D eigenvalue weighted by Gasteiger charge is -2.35. The van der Waals surface area contributed by atoms with Crippen molar-refractivity contribution in [1.82, 2.24) is 4.90 Å². The Labute approximate surface area is 202 Å². The fourth-order valence-electron chi connectivity index (χ4n) is 3.67. The van der Waals surface area contributed by atoms with Gasteiger partial charge in [-0.2, -0.15) is 0 Å². The standard InChI is InChI=1S/C25H23Cl2N3O3/c1-17(31)29-10-12-30(13-11-29)22-4-2-21(3-5-22)28-25(32)9-7-23-6-8-24(33-23)18-14-19(26)16-20(27)15-18/h2-9,14-16H,10-13H2,1H3,(H,28,32)/b9-7+. The number of anilines is 2. The van der Waals surface area contributed by atoms with E-state index in [1.54, 1.807) is 43.3 Å². The van der Waals surface area contributed by atoms with Crippen LogP contribution in [0.2, 0.25) is 10.0 Å². The Balaban J connectivity index is 1.33. The molecule has 0 bridgehead atoms. The van der Waals surface area contributed by atoms with Crippen molar-refractivity contribution in [3.63, 3.8) is 0 Å². The van der Waals surface area contributed by atoms with Gasteiger partial charge in [0.25, 0.3) is 0 Å². The van der Waals surface area contributed by atoms with E-state index >= 15 is 0 Å². The number of amides is 2. The number of hydrogen-bond donors (Lipinski definition) is 1. The van der Waals surface area contributed by atoms with Gasteiger partial charge in [-0.05, 0) is 60.7 Å². The van der Waals surface area contributed by atoms with Gasteiger partial charge in [0.1, 0.15) is 11.5 Å². The summed E-state index contributed by atoms with van der Waals surface area (Å²) in [4.78, 5) is 27.9. The number of carbonyl (C=O) groups is 2. The molecular weight excluding hydrogens is 461 g/mol. The van der Waals surface area contributed by atoms with Gasteiger partial charge in [-0.15, -0.1) is 0 Å². The largest absolute Gasteiger partial charge is 0.457 e. The molecule has 1 aromatic heterocycles. The normalized spacial score (nSPS) is 14.0. The van der Waals surface area contributed by atoms with Crippen LogP contribution in [0.4, 0.5) is 11.4 Å². The summed E-state index contributed by atoms with van der Waals surface area (Å²) < 4.78 is 5.77. The molecule has 2 aromatic carbocycles. The van der Waals surface area contributed by atoms with Gasteiger partial charge in [-0.1, -0.05) is 23.2 Å². The maximum Gasteiger partial charge on any atom is 0.248 e. The van der Waals surface area contributed by atoms with Crippen molar-refractivity contribution in [3.8, 4) is 11.3 Å². The summed E-state index contributed by atoms with van der Waals surface area (Å²) in [5, 5.41) is 3.89. The smallest absolute Gasteiger partial charge is 0.248 e. The maximum atomic E-state index is 12.3. The number of piperazine rings is 1. The van der Waals surface area contributed by atoms with Crippen LogP contribution in [0.1, 0.15) is 12.7 Å². The van der Waals surface area contributed by atoms with Crippen LogP contribution in [0.25, 0.3) is 17.4 Å². The molecule has 0 unspecified atom stereocenters. The molecule has 1 saturated heterocycles. The van der Waals surface area contributed by atoms with E-state index < -0.39 is 0 Å². The predicted octanol–water partition coefficient (Wildman–Crippen LogP) is 5.57. The average molecular weight is 484 g/mol. The number of rotatable bonds is 5. The molecule has 1 aliphatic heterocycles. The molecule has 0 spiro atoms. The Hall–Kier alpha value is -3.22. The Bertz CT molecular complexity index is 1160. The zero-order valence-corrected chi connectivity index (χ0v) is 19.6. The number of nitrogens with zero attached hydrogens (tertiary/aromatic N) is 2. The number of hydrogen-bond acceptors (Lipinski definition) is 4. The monoisotopic (exact) mass is 483 g/mol. The molecule has 1 aliphatic rings. The van der Waals surface area contributed by atoms with Gasteiger partial charge in [-0.3, -0.25) is 9.59 Å². The molecule has 0 atom stereocenters. The van der Waals surface area contributed by atoms with Gasteiger partial charge < -0.3 is 19.5 Å². The summed E-state index contributed by atoms with van der Waals surface area (Å²) in [5.74, 6) is 0.998. The number of furan rings is 1. The second-order valence-electron chi connectivity index (χ2n) is 7.72. The first kappa shape index (κ1) is 23.0. The van der Waals surface area contributed by atoms with Crippen LogP contribution >= 0.6 is 23.2 Å². The van der Waals surface area contributed by atoms with E-state index in [9.17, 15) is 9.59 Å². The van der Waals surface area contributed by atoms with E-state index in [4.69, 9.17) is 27.6 Å². The molecule has 0 saturated carbocycles. The Morgan fingerprint density at radius 1 is 0.939 bits per heavy atom. The number of nitrogens with one attached hydrogen (secondary N) is 1. The third-order valence-electron chi connectivity index (χ3n) is 5.40. The molecule has 8 heteroatoms. The van der Waals surface area contributed by atoms with Crippen molar-refractivity contribution in [3.05, 3.63) is 76.5 Å². The minimum atomic E-state index is -0.262.